The minimum atomic E-state index is -0.123. The molecule has 4 aromatic rings. The van der Waals surface area contributed by atoms with Crippen molar-refractivity contribution < 1.29 is 0 Å². The second-order valence-corrected chi connectivity index (χ2v) is 10.9. The summed E-state index contributed by atoms with van der Waals surface area (Å²) in [5.41, 5.74) is 5.64. The van der Waals surface area contributed by atoms with Crippen LogP contribution in [0.1, 0.15) is 62.1 Å². The summed E-state index contributed by atoms with van der Waals surface area (Å²) < 4.78 is 4.07. The summed E-state index contributed by atoms with van der Waals surface area (Å²) >= 11 is 1.69. The Hall–Kier alpha value is -2.86. The molecule has 2 aromatic carbocycles. The minimum Gasteiger partial charge on any atom is -0.272 e. The Morgan fingerprint density at radius 1 is 0.941 bits per heavy atom. The van der Waals surface area contributed by atoms with E-state index in [-0.39, 0.29) is 11.0 Å². The first kappa shape index (κ1) is 21.7. The SMILES string of the molecule is CCSc1nnc2n(Cc3ccccc3)c(=O)c3c(n12)-c1ccccc1CC31CCCCCC1. The second kappa shape index (κ2) is 8.73. The van der Waals surface area contributed by atoms with E-state index in [1.54, 1.807) is 11.8 Å². The average Bonchev–Trinajstić information content (AvgIpc) is 3.13. The average molecular weight is 471 g/mol. The molecule has 0 N–H and O–H groups in total. The van der Waals surface area contributed by atoms with Crippen molar-refractivity contribution in [3.63, 3.8) is 0 Å². The lowest BCUT2D eigenvalue weighted by Gasteiger charge is -2.39. The third-order valence-electron chi connectivity index (χ3n) is 7.63. The number of hydrogen-bond acceptors (Lipinski definition) is 4. The van der Waals surface area contributed by atoms with Crippen LogP contribution in [0, 0.1) is 0 Å². The lowest BCUT2D eigenvalue weighted by atomic mass is 9.65. The highest BCUT2D eigenvalue weighted by molar-refractivity contribution is 7.99. The molecule has 2 aliphatic rings. The highest BCUT2D eigenvalue weighted by Gasteiger charge is 2.43. The van der Waals surface area contributed by atoms with E-state index in [1.807, 2.05) is 22.8 Å². The number of nitrogens with zero attached hydrogens (tertiary/aromatic N) is 4. The largest absolute Gasteiger partial charge is 0.272 e. The smallest absolute Gasteiger partial charge is 0.259 e. The molecule has 5 nitrogen and oxygen atoms in total. The molecule has 2 heterocycles. The van der Waals surface area contributed by atoms with E-state index in [2.05, 4.69) is 57.9 Å². The van der Waals surface area contributed by atoms with Gasteiger partial charge in [-0.2, -0.15) is 0 Å². The molecule has 0 saturated heterocycles. The van der Waals surface area contributed by atoms with Gasteiger partial charge in [0.05, 0.1) is 12.2 Å². The molecule has 2 aromatic heterocycles. The van der Waals surface area contributed by atoms with Crippen molar-refractivity contribution in [3.05, 3.63) is 81.6 Å². The van der Waals surface area contributed by atoms with E-state index < -0.39 is 0 Å². The van der Waals surface area contributed by atoms with Gasteiger partial charge in [-0.15, -0.1) is 10.2 Å². The van der Waals surface area contributed by atoms with Crippen LogP contribution in [0.25, 0.3) is 17.0 Å². The zero-order valence-electron chi connectivity index (χ0n) is 19.7. The van der Waals surface area contributed by atoms with Crippen molar-refractivity contribution >= 4 is 17.5 Å². The standard InChI is InChI=1S/C28H30N4OS/c1-2-34-27-30-29-26-31(19-20-12-6-5-7-13-20)25(33)23-24(32(26)27)22-15-9-8-14-21(22)18-28(23)16-10-3-4-11-17-28/h5-9,12-15H,2-4,10-11,16-19H2,1H3. The van der Waals surface area contributed by atoms with Gasteiger partial charge in [0, 0.05) is 16.5 Å². The summed E-state index contributed by atoms with van der Waals surface area (Å²) in [7, 11) is 0. The summed E-state index contributed by atoms with van der Waals surface area (Å²) in [5.74, 6) is 1.55. The second-order valence-electron chi connectivity index (χ2n) is 9.68. The maximum absolute atomic E-state index is 14.5. The van der Waals surface area contributed by atoms with Gasteiger partial charge in [-0.3, -0.25) is 13.8 Å². The lowest BCUT2D eigenvalue weighted by Crippen LogP contribution is -2.42. The molecule has 0 atom stereocenters. The predicted octanol–water partition coefficient (Wildman–Crippen LogP) is 5.87. The van der Waals surface area contributed by atoms with Gasteiger partial charge in [-0.1, -0.05) is 99.0 Å². The van der Waals surface area contributed by atoms with E-state index >= 15 is 0 Å². The first-order valence-corrected chi connectivity index (χ1v) is 13.5. The van der Waals surface area contributed by atoms with Crippen molar-refractivity contribution in [3.8, 4) is 11.3 Å². The molecule has 34 heavy (non-hydrogen) atoms. The van der Waals surface area contributed by atoms with Crippen molar-refractivity contribution in [2.24, 2.45) is 0 Å². The fourth-order valence-corrected chi connectivity index (χ4v) is 6.79. The summed E-state index contributed by atoms with van der Waals surface area (Å²) in [6.45, 7) is 2.64. The van der Waals surface area contributed by atoms with Crippen molar-refractivity contribution in [1.29, 1.82) is 0 Å². The molecule has 6 heteroatoms. The van der Waals surface area contributed by atoms with Crippen molar-refractivity contribution in [2.75, 3.05) is 5.75 Å². The van der Waals surface area contributed by atoms with Gasteiger partial charge >= 0.3 is 0 Å². The van der Waals surface area contributed by atoms with Crippen LogP contribution in [-0.2, 0) is 18.4 Å². The number of rotatable bonds is 4. The Bertz CT molecular complexity index is 1400. The molecule has 1 spiro atoms. The van der Waals surface area contributed by atoms with E-state index in [0.717, 1.165) is 47.0 Å². The molecular formula is C28H30N4OS. The maximum Gasteiger partial charge on any atom is 0.259 e. The van der Waals surface area contributed by atoms with Crippen molar-refractivity contribution in [2.45, 2.75) is 69.0 Å². The Balaban J connectivity index is 1.72. The molecule has 174 valence electrons. The lowest BCUT2D eigenvalue weighted by molar-refractivity contribution is 0.356. The molecule has 6 rings (SSSR count). The number of fused-ring (bicyclic) bond motifs is 6. The molecule has 1 saturated carbocycles. The van der Waals surface area contributed by atoms with E-state index in [9.17, 15) is 4.79 Å². The van der Waals surface area contributed by atoms with Crippen LogP contribution >= 0.6 is 11.8 Å². The van der Waals surface area contributed by atoms with Gasteiger partial charge in [-0.25, -0.2) is 0 Å². The molecule has 0 bridgehead atoms. The zero-order chi connectivity index (χ0) is 23.1. The quantitative estimate of drug-likeness (QED) is 0.350. The monoisotopic (exact) mass is 470 g/mol. The van der Waals surface area contributed by atoms with Crippen LogP contribution in [0.15, 0.2) is 64.5 Å². The third-order valence-corrected chi connectivity index (χ3v) is 8.44. The number of hydrogen-bond donors (Lipinski definition) is 0. The number of aromatic nitrogens is 4. The van der Waals surface area contributed by atoms with Gasteiger partial charge in [0.25, 0.3) is 5.56 Å². The molecule has 0 unspecified atom stereocenters. The van der Waals surface area contributed by atoms with Crippen LogP contribution in [0.4, 0.5) is 0 Å². The molecule has 0 amide bonds. The molecule has 1 fully saturated rings. The molecule has 0 radical (unpaired) electrons. The fourth-order valence-electron chi connectivity index (χ4n) is 6.13. The maximum atomic E-state index is 14.5. The minimum absolute atomic E-state index is 0.114. The number of benzene rings is 2. The fraction of sp³-hybridized carbons (Fsp3) is 0.393. The summed E-state index contributed by atoms with van der Waals surface area (Å²) in [6.07, 6.45) is 7.94. The number of thioether (sulfide) groups is 1. The Kier molecular flexibility index (Phi) is 5.56. The van der Waals surface area contributed by atoms with Gasteiger partial charge in [0.2, 0.25) is 5.78 Å². The van der Waals surface area contributed by atoms with E-state index in [0.29, 0.717) is 12.3 Å². The van der Waals surface area contributed by atoms with Gasteiger partial charge < -0.3 is 0 Å². The van der Waals surface area contributed by atoms with Crippen molar-refractivity contribution in [1.82, 2.24) is 19.2 Å². The van der Waals surface area contributed by atoms with Gasteiger partial charge in [0.1, 0.15) is 0 Å². The summed E-state index contributed by atoms with van der Waals surface area (Å²) in [6, 6.07) is 18.9. The van der Waals surface area contributed by atoms with E-state index in [1.165, 1.54) is 36.8 Å². The molecule has 0 aliphatic heterocycles. The van der Waals surface area contributed by atoms with Gasteiger partial charge in [0.15, 0.2) is 5.16 Å². The van der Waals surface area contributed by atoms with Crippen LogP contribution < -0.4 is 5.56 Å². The van der Waals surface area contributed by atoms with Crippen LogP contribution in [0.5, 0.6) is 0 Å². The molecule has 2 aliphatic carbocycles. The highest BCUT2D eigenvalue weighted by atomic mass is 32.2. The van der Waals surface area contributed by atoms with Gasteiger partial charge in [-0.05, 0) is 36.1 Å². The normalized spacial score (nSPS) is 16.9. The Morgan fingerprint density at radius 2 is 1.68 bits per heavy atom. The van der Waals surface area contributed by atoms with Crippen LogP contribution in [0.3, 0.4) is 0 Å². The predicted molar refractivity (Wildman–Crippen MR) is 138 cm³/mol. The first-order valence-electron chi connectivity index (χ1n) is 12.5. The topological polar surface area (TPSA) is 52.2 Å². The Morgan fingerprint density at radius 3 is 2.44 bits per heavy atom. The zero-order valence-corrected chi connectivity index (χ0v) is 20.5. The summed E-state index contributed by atoms with van der Waals surface area (Å²) in [4.78, 5) is 14.5. The Labute approximate surface area is 204 Å². The molecular weight excluding hydrogens is 440 g/mol. The summed E-state index contributed by atoms with van der Waals surface area (Å²) in [5, 5.41) is 10.0. The van der Waals surface area contributed by atoms with Crippen LogP contribution in [-0.4, -0.2) is 24.9 Å². The highest BCUT2D eigenvalue weighted by Crippen LogP contribution is 2.49. The third kappa shape index (κ3) is 3.42. The first-order chi connectivity index (χ1) is 16.7. The van der Waals surface area contributed by atoms with E-state index in [4.69, 9.17) is 0 Å². The van der Waals surface area contributed by atoms with Crippen LogP contribution in [0.2, 0.25) is 0 Å².